The summed E-state index contributed by atoms with van der Waals surface area (Å²) in [6.07, 6.45) is 3.13. The maximum absolute atomic E-state index is 12.6. The fraction of sp³-hybridized carbons (Fsp3) is 0.278. The maximum atomic E-state index is 12.6. The van der Waals surface area contributed by atoms with Gasteiger partial charge in [0.2, 0.25) is 11.9 Å². The summed E-state index contributed by atoms with van der Waals surface area (Å²) < 4.78 is 1.66. The molecule has 4 aromatic rings. The monoisotopic (exact) mass is 362 g/mol. The lowest BCUT2D eigenvalue weighted by atomic mass is 9.96. The Kier molecular flexibility index (Phi) is 3.70. The second kappa shape index (κ2) is 6.35. The molecule has 4 heterocycles. The molecule has 136 valence electrons. The Morgan fingerprint density at radius 2 is 2.00 bits per heavy atom. The summed E-state index contributed by atoms with van der Waals surface area (Å²) in [4.78, 5) is 22.3. The van der Waals surface area contributed by atoms with Crippen LogP contribution in [0.15, 0.2) is 42.7 Å². The third-order valence-electron chi connectivity index (χ3n) is 4.97. The van der Waals surface area contributed by atoms with Crippen LogP contribution in [0.1, 0.15) is 12.8 Å². The van der Waals surface area contributed by atoms with Crippen LogP contribution in [0.5, 0.6) is 0 Å². The summed E-state index contributed by atoms with van der Waals surface area (Å²) in [5.41, 5.74) is 2.48. The number of fused-ring (bicyclic) bond motifs is 2. The smallest absolute Gasteiger partial charge is 0.229 e. The fourth-order valence-corrected chi connectivity index (χ4v) is 3.49. The first kappa shape index (κ1) is 15.7. The van der Waals surface area contributed by atoms with Gasteiger partial charge in [-0.25, -0.2) is 4.98 Å². The van der Waals surface area contributed by atoms with Gasteiger partial charge in [-0.15, -0.1) is 15.3 Å². The predicted octanol–water partition coefficient (Wildman–Crippen LogP) is 1.86. The summed E-state index contributed by atoms with van der Waals surface area (Å²) in [6, 6.07) is 11.6. The van der Waals surface area contributed by atoms with Crippen molar-refractivity contribution in [3.8, 4) is 0 Å². The van der Waals surface area contributed by atoms with Gasteiger partial charge >= 0.3 is 0 Å². The van der Waals surface area contributed by atoms with Crippen molar-refractivity contribution in [2.75, 3.05) is 23.3 Å². The largest absolute Gasteiger partial charge is 0.355 e. The zero-order chi connectivity index (χ0) is 18.2. The normalized spacial score (nSPS) is 15.5. The van der Waals surface area contributed by atoms with Gasteiger partial charge in [0.25, 0.3) is 0 Å². The molecule has 1 aromatic carbocycles. The van der Waals surface area contributed by atoms with E-state index < -0.39 is 0 Å². The van der Waals surface area contributed by atoms with E-state index in [0.29, 0.717) is 5.95 Å². The van der Waals surface area contributed by atoms with Crippen LogP contribution in [0.25, 0.3) is 16.7 Å². The van der Waals surface area contributed by atoms with Gasteiger partial charge in [-0.1, -0.05) is 12.1 Å². The number of hydrogen-bond donors (Lipinski definition) is 2. The van der Waals surface area contributed by atoms with Gasteiger partial charge < -0.3 is 9.88 Å². The van der Waals surface area contributed by atoms with E-state index in [9.17, 15) is 4.79 Å². The lowest BCUT2D eigenvalue weighted by Gasteiger charge is -2.31. The van der Waals surface area contributed by atoms with E-state index in [-0.39, 0.29) is 11.8 Å². The molecule has 0 bridgehead atoms. The van der Waals surface area contributed by atoms with E-state index in [2.05, 4.69) is 35.5 Å². The van der Waals surface area contributed by atoms with Gasteiger partial charge in [-0.05, 0) is 37.1 Å². The molecule has 0 atom stereocenters. The predicted molar refractivity (Wildman–Crippen MR) is 100 cm³/mol. The van der Waals surface area contributed by atoms with Gasteiger partial charge in [0.1, 0.15) is 12.1 Å². The van der Waals surface area contributed by atoms with Crippen molar-refractivity contribution in [2.45, 2.75) is 12.8 Å². The van der Waals surface area contributed by atoms with Crippen molar-refractivity contribution >= 4 is 34.4 Å². The minimum atomic E-state index is -0.0342. The molecule has 1 saturated heterocycles. The first-order valence-electron chi connectivity index (χ1n) is 8.94. The number of amides is 1. The maximum Gasteiger partial charge on any atom is 0.229 e. The van der Waals surface area contributed by atoms with Gasteiger partial charge in [-0.3, -0.25) is 10.1 Å². The third kappa shape index (κ3) is 2.97. The number of piperidine rings is 1. The summed E-state index contributed by atoms with van der Waals surface area (Å²) in [7, 11) is 0. The summed E-state index contributed by atoms with van der Waals surface area (Å²) in [5, 5.41) is 15.3. The minimum absolute atomic E-state index is 0.0101. The lowest BCUT2D eigenvalue weighted by molar-refractivity contribution is -0.120. The van der Waals surface area contributed by atoms with Crippen LogP contribution in [-0.2, 0) is 4.79 Å². The summed E-state index contributed by atoms with van der Waals surface area (Å²) in [5.74, 6) is 1.35. The number of hydrogen-bond acceptors (Lipinski definition) is 6. The molecule has 0 spiro atoms. The van der Waals surface area contributed by atoms with Crippen molar-refractivity contribution in [1.29, 1.82) is 0 Å². The van der Waals surface area contributed by atoms with E-state index in [4.69, 9.17) is 0 Å². The number of aromatic nitrogens is 6. The number of aromatic amines is 1. The molecule has 2 N–H and O–H groups in total. The van der Waals surface area contributed by atoms with E-state index >= 15 is 0 Å². The van der Waals surface area contributed by atoms with E-state index in [1.807, 2.05) is 36.4 Å². The Labute approximate surface area is 154 Å². The molecule has 27 heavy (non-hydrogen) atoms. The molecular formula is C18H18N8O. The van der Waals surface area contributed by atoms with Crippen molar-refractivity contribution in [2.24, 2.45) is 5.92 Å². The van der Waals surface area contributed by atoms with E-state index in [1.165, 1.54) is 0 Å². The zero-order valence-corrected chi connectivity index (χ0v) is 14.5. The van der Waals surface area contributed by atoms with Gasteiger partial charge in [0.15, 0.2) is 5.65 Å². The molecule has 1 amide bonds. The number of imidazole rings is 1. The van der Waals surface area contributed by atoms with Gasteiger partial charge in [-0.2, -0.15) is 4.52 Å². The molecule has 0 unspecified atom stereocenters. The molecule has 0 radical (unpaired) electrons. The lowest BCUT2D eigenvalue weighted by Crippen LogP contribution is -2.38. The first-order valence-corrected chi connectivity index (χ1v) is 8.94. The quantitative estimate of drug-likeness (QED) is 0.576. The molecule has 0 aliphatic carbocycles. The Balaban J connectivity index is 1.23. The number of carbonyl (C=O) groups excluding carboxylic acids is 1. The highest BCUT2D eigenvalue weighted by molar-refractivity contribution is 5.92. The fourth-order valence-electron chi connectivity index (χ4n) is 3.49. The van der Waals surface area contributed by atoms with Crippen molar-refractivity contribution in [3.63, 3.8) is 0 Å². The molecule has 1 aliphatic rings. The third-order valence-corrected chi connectivity index (χ3v) is 4.97. The zero-order valence-electron chi connectivity index (χ0n) is 14.5. The van der Waals surface area contributed by atoms with Crippen molar-refractivity contribution < 1.29 is 4.79 Å². The number of nitrogens with one attached hydrogen (secondary N) is 2. The number of carbonyl (C=O) groups is 1. The highest BCUT2D eigenvalue weighted by atomic mass is 16.2. The molecule has 5 rings (SSSR count). The molecule has 0 saturated carbocycles. The minimum Gasteiger partial charge on any atom is -0.355 e. The number of para-hydroxylation sites is 2. The van der Waals surface area contributed by atoms with Crippen LogP contribution in [0.3, 0.4) is 0 Å². The van der Waals surface area contributed by atoms with Crippen LogP contribution >= 0.6 is 0 Å². The van der Waals surface area contributed by atoms with Crippen LogP contribution in [0, 0.1) is 5.92 Å². The number of anilines is 2. The summed E-state index contributed by atoms with van der Waals surface area (Å²) >= 11 is 0. The molecule has 1 aliphatic heterocycles. The second-order valence-corrected chi connectivity index (χ2v) is 6.68. The van der Waals surface area contributed by atoms with E-state index in [0.717, 1.165) is 48.4 Å². The second-order valence-electron chi connectivity index (χ2n) is 6.68. The Morgan fingerprint density at radius 1 is 1.15 bits per heavy atom. The first-order chi connectivity index (χ1) is 13.3. The average molecular weight is 362 g/mol. The number of H-pyrrole nitrogens is 1. The Morgan fingerprint density at radius 3 is 2.85 bits per heavy atom. The summed E-state index contributed by atoms with van der Waals surface area (Å²) in [6.45, 7) is 1.55. The standard InChI is InChI=1S/C18H18N8O/c27-17(22-18-20-13-3-1-2-4-14(13)21-18)12-7-9-25(10-8-12)16-6-5-15-23-19-11-26(15)24-16/h1-6,11-12H,7-10H2,(H2,20,21,22,27). The van der Waals surface area contributed by atoms with Crippen LogP contribution in [0.2, 0.25) is 0 Å². The highest BCUT2D eigenvalue weighted by Gasteiger charge is 2.26. The molecule has 9 heteroatoms. The van der Waals surface area contributed by atoms with Gasteiger partial charge in [0, 0.05) is 19.0 Å². The molecule has 1 fully saturated rings. The van der Waals surface area contributed by atoms with Crippen LogP contribution < -0.4 is 10.2 Å². The molecular weight excluding hydrogens is 344 g/mol. The van der Waals surface area contributed by atoms with E-state index in [1.54, 1.807) is 10.8 Å². The highest BCUT2D eigenvalue weighted by Crippen LogP contribution is 2.23. The topological polar surface area (TPSA) is 104 Å². The van der Waals surface area contributed by atoms with Crippen molar-refractivity contribution in [3.05, 3.63) is 42.7 Å². The molecule has 9 nitrogen and oxygen atoms in total. The average Bonchev–Trinajstić information content (AvgIpc) is 3.33. The Hall–Kier alpha value is -3.49. The van der Waals surface area contributed by atoms with Crippen LogP contribution in [0.4, 0.5) is 11.8 Å². The number of benzene rings is 1. The van der Waals surface area contributed by atoms with Gasteiger partial charge in [0.05, 0.1) is 11.0 Å². The molecule has 3 aromatic heterocycles. The van der Waals surface area contributed by atoms with Crippen molar-refractivity contribution in [1.82, 2.24) is 29.8 Å². The SMILES string of the molecule is O=C(Nc1nc2ccccc2[nH]1)C1CCN(c2ccc3nncn3n2)CC1. The Bertz CT molecular complexity index is 1080. The van der Waals surface area contributed by atoms with Crippen LogP contribution in [-0.4, -0.2) is 48.8 Å². The number of rotatable bonds is 3. The number of nitrogens with zero attached hydrogens (tertiary/aromatic N) is 6.